The molecule has 4 N–H and O–H groups in total. The van der Waals surface area contributed by atoms with Gasteiger partial charge >= 0.3 is 11.9 Å². The summed E-state index contributed by atoms with van der Waals surface area (Å²) >= 11 is 5.53. The zero-order chi connectivity index (χ0) is 9.46. The number of hydrogen-bond acceptors (Lipinski definition) is 3. The van der Waals surface area contributed by atoms with E-state index in [0.717, 1.165) is 0 Å². The van der Waals surface area contributed by atoms with Crippen LogP contribution in [-0.4, -0.2) is 33.6 Å². The molecule has 6 heteroatoms. The number of rotatable bonds is 3. The second-order valence-electron chi connectivity index (χ2n) is 2.75. The molecule has 68 valence electrons. The van der Waals surface area contributed by atoms with E-state index in [1.807, 2.05) is 0 Å². The third-order valence-electron chi connectivity index (χ3n) is 1.97. The number of carboxylic acids is 2. The lowest BCUT2D eigenvalue weighted by molar-refractivity contribution is -0.140. The standard InChI is InChI=1S/C6H8ClNO4/c7-3-1(2(3)5(9)10)4(8)6(11)12/h1-4H,8H2,(H,9,10)(H,11,12)/t1-,2-,3-,4+/m1/s1. The molecule has 1 aliphatic carbocycles. The van der Waals surface area contributed by atoms with Crippen molar-refractivity contribution in [1.29, 1.82) is 0 Å². The van der Waals surface area contributed by atoms with E-state index < -0.39 is 35.2 Å². The fourth-order valence-corrected chi connectivity index (χ4v) is 1.69. The van der Waals surface area contributed by atoms with Crippen molar-refractivity contribution < 1.29 is 19.8 Å². The molecule has 1 saturated carbocycles. The van der Waals surface area contributed by atoms with Gasteiger partial charge < -0.3 is 15.9 Å². The minimum atomic E-state index is -1.21. The summed E-state index contributed by atoms with van der Waals surface area (Å²) in [6.07, 6.45) is 0. The van der Waals surface area contributed by atoms with E-state index in [4.69, 9.17) is 27.5 Å². The van der Waals surface area contributed by atoms with Crippen LogP contribution in [0.2, 0.25) is 0 Å². The van der Waals surface area contributed by atoms with Crippen molar-refractivity contribution in [2.45, 2.75) is 11.4 Å². The Labute approximate surface area is 73.1 Å². The van der Waals surface area contributed by atoms with Crippen LogP contribution in [-0.2, 0) is 9.59 Å². The predicted octanol–water partition coefficient (Wildman–Crippen LogP) is -0.664. The van der Waals surface area contributed by atoms with Gasteiger partial charge in [0.25, 0.3) is 0 Å². The molecule has 5 nitrogen and oxygen atoms in total. The normalized spacial score (nSPS) is 35.7. The van der Waals surface area contributed by atoms with Gasteiger partial charge in [0.2, 0.25) is 0 Å². The van der Waals surface area contributed by atoms with Gasteiger partial charge in [-0.3, -0.25) is 9.59 Å². The summed E-state index contributed by atoms with van der Waals surface area (Å²) in [5.41, 5.74) is 5.19. The summed E-state index contributed by atoms with van der Waals surface area (Å²) in [5.74, 6) is -3.74. The summed E-state index contributed by atoms with van der Waals surface area (Å²) in [4.78, 5) is 20.7. The highest BCUT2D eigenvalue weighted by Crippen LogP contribution is 2.45. The maximum absolute atomic E-state index is 10.4. The molecule has 1 aliphatic rings. The average Bonchev–Trinajstić information content (AvgIpc) is 2.59. The molecule has 0 saturated heterocycles. The van der Waals surface area contributed by atoms with Gasteiger partial charge in [0, 0.05) is 5.92 Å². The van der Waals surface area contributed by atoms with Gasteiger partial charge in [-0.25, -0.2) is 0 Å². The van der Waals surface area contributed by atoms with E-state index in [0.29, 0.717) is 0 Å². The smallest absolute Gasteiger partial charge is 0.320 e. The van der Waals surface area contributed by atoms with Crippen LogP contribution in [0.1, 0.15) is 0 Å². The highest BCUT2D eigenvalue weighted by Gasteiger charge is 2.58. The molecule has 1 fully saturated rings. The summed E-state index contributed by atoms with van der Waals surface area (Å²) in [6.45, 7) is 0. The van der Waals surface area contributed by atoms with E-state index in [1.54, 1.807) is 0 Å². The Bertz CT molecular complexity index is 216. The summed E-state index contributed by atoms with van der Waals surface area (Å²) < 4.78 is 0. The van der Waals surface area contributed by atoms with Crippen LogP contribution < -0.4 is 5.73 Å². The zero-order valence-electron chi connectivity index (χ0n) is 5.98. The first-order valence-electron chi connectivity index (χ1n) is 3.32. The van der Waals surface area contributed by atoms with Crippen LogP contribution >= 0.6 is 11.6 Å². The summed E-state index contributed by atoms with van der Waals surface area (Å²) in [5, 5.41) is 16.3. The van der Waals surface area contributed by atoms with Crippen molar-refractivity contribution in [2.75, 3.05) is 0 Å². The first-order chi connectivity index (χ1) is 5.46. The fourth-order valence-electron chi connectivity index (χ4n) is 1.18. The Balaban J connectivity index is 2.58. The van der Waals surface area contributed by atoms with Crippen molar-refractivity contribution >= 4 is 23.5 Å². The molecular weight excluding hydrogens is 186 g/mol. The van der Waals surface area contributed by atoms with Gasteiger partial charge in [0.05, 0.1) is 11.3 Å². The van der Waals surface area contributed by atoms with E-state index in [2.05, 4.69) is 0 Å². The molecule has 0 amide bonds. The Kier molecular flexibility index (Phi) is 2.25. The monoisotopic (exact) mass is 193 g/mol. The number of halogens is 1. The van der Waals surface area contributed by atoms with Crippen molar-refractivity contribution in [3.63, 3.8) is 0 Å². The molecule has 0 aromatic heterocycles. The Morgan fingerprint density at radius 3 is 2.17 bits per heavy atom. The highest BCUT2D eigenvalue weighted by atomic mass is 35.5. The van der Waals surface area contributed by atoms with Gasteiger partial charge in [0.1, 0.15) is 6.04 Å². The van der Waals surface area contributed by atoms with E-state index in [9.17, 15) is 9.59 Å². The summed E-state index contributed by atoms with van der Waals surface area (Å²) in [6, 6.07) is -1.17. The maximum Gasteiger partial charge on any atom is 0.320 e. The van der Waals surface area contributed by atoms with Gasteiger partial charge in [0.15, 0.2) is 0 Å². The molecule has 0 bridgehead atoms. The molecule has 0 aliphatic heterocycles. The molecule has 0 unspecified atom stereocenters. The van der Waals surface area contributed by atoms with Crippen LogP contribution in [0.4, 0.5) is 0 Å². The minimum Gasteiger partial charge on any atom is -0.481 e. The van der Waals surface area contributed by atoms with Crippen LogP contribution in [0, 0.1) is 11.8 Å². The number of carboxylic acid groups (broad SMARTS) is 2. The third kappa shape index (κ3) is 1.37. The Hall–Kier alpha value is -0.810. The second-order valence-corrected chi connectivity index (χ2v) is 3.25. The Morgan fingerprint density at radius 2 is 1.92 bits per heavy atom. The van der Waals surface area contributed by atoms with Crippen molar-refractivity contribution in [3.8, 4) is 0 Å². The van der Waals surface area contributed by atoms with E-state index in [1.165, 1.54) is 0 Å². The number of hydrogen-bond donors (Lipinski definition) is 3. The fraction of sp³-hybridized carbons (Fsp3) is 0.667. The van der Waals surface area contributed by atoms with Crippen molar-refractivity contribution in [1.82, 2.24) is 0 Å². The number of alkyl halides is 1. The third-order valence-corrected chi connectivity index (χ3v) is 2.53. The quantitative estimate of drug-likeness (QED) is 0.517. The molecule has 0 aromatic carbocycles. The van der Waals surface area contributed by atoms with Crippen LogP contribution in [0.15, 0.2) is 0 Å². The van der Waals surface area contributed by atoms with Gasteiger partial charge in [-0.2, -0.15) is 0 Å². The topological polar surface area (TPSA) is 101 Å². The van der Waals surface area contributed by atoms with Crippen LogP contribution in [0.3, 0.4) is 0 Å². The van der Waals surface area contributed by atoms with E-state index >= 15 is 0 Å². The molecule has 0 heterocycles. The summed E-state index contributed by atoms with van der Waals surface area (Å²) in [7, 11) is 0. The molecule has 0 aromatic rings. The molecule has 1 rings (SSSR count). The number of nitrogens with two attached hydrogens (primary N) is 1. The SMILES string of the molecule is N[C@H](C(=O)O)[C@H]1[C@@H](Cl)[C@@H]1C(=O)O. The average molecular weight is 194 g/mol. The van der Waals surface area contributed by atoms with Gasteiger partial charge in [-0.15, -0.1) is 11.6 Å². The molecule has 12 heavy (non-hydrogen) atoms. The molecule has 0 spiro atoms. The highest BCUT2D eigenvalue weighted by molar-refractivity contribution is 6.25. The molecular formula is C6H8ClNO4. The van der Waals surface area contributed by atoms with Gasteiger partial charge in [-0.1, -0.05) is 0 Å². The lowest BCUT2D eigenvalue weighted by Crippen LogP contribution is -2.34. The second kappa shape index (κ2) is 2.91. The predicted molar refractivity (Wildman–Crippen MR) is 39.9 cm³/mol. The first kappa shape index (κ1) is 9.28. The first-order valence-corrected chi connectivity index (χ1v) is 3.75. The zero-order valence-corrected chi connectivity index (χ0v) is 6.73. The minimum absolute atomic E-state index is 0.637. The lowest BCUT2D eigenvalue weighted by atomic mass is 10.1. The van der Waals surface area contributed by atoms with Crippen molar-refractivity contribution in [2.24, 2.45) is 17.6 Å². The number of aliphatic carboxylic acids is 2. The number of carbonyl (C=O) groups is 2. The van der Waals surface area contributed by atoms with Crippen LogP contribution in [0.5, 0.6) is 0 Å². The molecule has 0 radical (unpaired) electrons. The van der Waals surface area contributed by atoms with Crippen molar-refractivity contribution in [3.05, 3.63) is 0 Å². The largest absolute Gasteiger partial charge is 0.481 e. The molecule has 4 atom stereocenters. The van der Waals surface area contributed by atoms with E-state index in [-0.39, 0.29) is 0 Å². The maximum atomic E-state index is 10.4. The Morgan fingerprint density at radius 1 is 1.42 bits per heavy atom. The van der Waals surface area contributed by atoms with Gasteiger partial charge in [-0.05, 0) is 0 Å². The van der Waals surface area contributed by atoms with Crippen LogP contribution in [0.25, 0.3) is 0 Å². The lowest BCUT2D eigenvalue weighted by Gasteiger charge is -2.02.